The summed E-state index contributed by atoms with van der Waals surface area (Å²) in [5.41, 5.74) is 0. The molecule has 2 nitrogen and oxygen atoms in total. The molecule has 0 radical (unpaired) electrons. The smallest absolute Gasteiger partial charge is 0.0705 e. The topological polar surface area (TPSA) is 12.5 Å². The van der Waals surface area contributed by atoms with Gasteiger partial charge in [0, 0.05) is 12.6 Å². The Labute approximate surface area is 69.5 Å². The largest absolute Gasteiger partial charge is 0.376 e. The fraction of sp³-hybridized carbons (Fsp3) is 1.00. The lowest BCUT2D eigenvalue weighted by Gasteiger charge is -2.39. The normalized spacial score (nSPS) is 34.6. The number of nitrogens with zero attached hydrogens (tertiary/aromatic N) is 1. The van der Waals surface area contributed by atoms with Crippen LogP contribution in [0.2, 0.25) is 0 Å². The monoisotopic (exact) mass is 157 g/mol. The lowest BCUT2D eigenvalue weighted by molar-refractivity contribution is -0.0663. The van der Waals surface area contributed by atoms with E-state index >= 15 is 0 Å². The van der Waals surface area contributed by atoms with Gasteiger partial charge >= 0.3 is 0 Å². The summed E-state index contributed by atoms with van der Waals surface area (Å²) < 4.78 is 5.58. The van der Waals surface area contributed by atoms with Crippen molar-refractivity contribution in [3.63, 3.8) is 0 Å². The molecule has 1 heterocycles. The van der Waals surface area contributed by atoms with Crippen molar-refractivity contribution >= 4 is 0 Å². The third kappa shape index (κ3) is 1.94. The second-order valence-electron chi connectivity index (χ2n) is 3.79. The van der Waals surface area contributed by atoms with Crippen LogP contribution in [0.3, 0.4) is 0 Å². The van der Waals surface area contributed by atoms with Crippen molar-refractivity contribution in [3.8, 4) is 0 Å². The van der Waals surface area contributed by atoms with Crippen LogP contribution in [0.25, 0.3) is 0 Å². The number of morpholine rings is 1. The van der Waals surface area contributed by atoms with Gasteiger partial charge < -0.3 is 4.74 Å². The molecule has 0 amide bonds. The van der Waals surface area contributed by atoms with Crippen LogP contribution in [-0.2, 0) is 4.74 Å². The van der Waals surface area contributed by atoms with Crippen LogP contribution < -0.4 is 0 Å². The molecular weight excluding hydrogens is 138 g/mol. The van der Waals surface area contributed by atoms with Gasteiger partial charge in [-0.1, -0.05) is 13.8 Å². The lowest BCUT2D eigenvalue weighted by Crippen LogP contribution is -2.50. The minimum atomic E-state index is 0.397. The first-order valence-electron chi connectivity index (χ1n) is 4.44. The van der Waals surface area contributed by atoms with Gasteiger partial charge in [-0.3, -0.25) is 4.90 Å². The molecule has 2 heteroatoms. The Balaban J connectivity index is 2.55. The quantitative estimate of drug-likeness (QED) is 0.570. The van der Waals surface area contributed by atoms with E-state index in [9.17, 15) is 0 Å². The first kappa shape index (κ1) is 9.01. The second-order valence-corrected chi connectivity index (χ2v) is 3.79. The zero-order valence-corrected chi connectivity index (χ0v) is 8.00. The average molecular weight is 157 g/mol. The van der Waals surface area contributed by atoms with E-state index in [-0.39, 0.29) is 0 Å². The Hall–Kier alpha value is -0.0800. The van der Waals surface area contributed by atoms with E-state index in [0.29, 0.717) is 18.1 Å². The minimum Gasteiger partial charge on any atom is -0.376 e. The average Bonchev–Trinajstić information content (AvgIpc) is 1.85. The van der Waals surface area contributed by atoms with Crippen LogP contribution in [0.5, 0.6) is 0 Å². The fourth-order valence-corrected chi connectivity index (χ4v) is 2.04. The Kier molecular flexibility index (Phi) is 2.90. The maximum absolute atomic E-state index is 5.58. The van der Waals surface area contributed by atoms with E-state index in [1.165, 1.54) is 0 Å². The number of hydrogen-bond acceptors (Lipinski definition) is 2. The first-order valence-corrected chi connectivity index (χ1v) is 4.44. The van der Waals surface area contributed by atoms with Gasteiger partial charge in [0.1, 0.15) is 0 Å². The molecule has 0 bridgehead atoms. The maximum Gasteiger partial charge on any atom is 0.0705 e. The highest BCUT2D eigenvalue weighted by molar-refractivity contribution is 4.81. The molecule has 1 aliphatic heterocycles. The fourth-order valence-electron chi connectivity index (χ4n) is 2.04. The predicted molar refractivity (Wildman–Crippen MR) is 46.7 cm³/mol. The van der Waals surface area contributed by atoms with Crippen LogP contribution >= 0.6 is 0 Å². The van der Waals surface area contributed by atoms with Crippen molar-refractivity contribution in [2.24, 2.45) is 5.92 Å². The summed E-state index contributed by atoms with van der Waals surface area (Å²) >= 11 is 0. The number of ether oxygens (including phenoxy) is 1. The molecule has 0 aromatic heterocycles. The lowest BCUT2D eigenvalue weighted by atomic mass is 9.97. The van der Waals surface area contributed by atoms with E-state index in [4.69, 9.17) is 4.74 Å². The van der Waals surface area contributed by atoms with E-state index in [2.05, 4.69) is 32.7 Å². The van der Waals surface area contributed by atoms with E-state index in [1.54, 1.807) is 0 Å². The predicted octanol–water partition coefficient (Wildman–Crippen LogP) is 1.36. The molecule has 2 unspecified atom stereocenters. The Bertz CT molecular complexity index is 115. The van der Waals surface area contributed by atoms with Crippen LogP contribution in [0.15, 0.2) is 0 Å². The molecule has 0 aromatic carbocycles. The summed E-state index contributed by atoms with van der Waals surface area (Å²) in [4.78, 5) is 2.40. The Morgan fingerprint density at radius 3 is 2.45 bits per heavy atom. The van der Waals surface area contributed by atoms with Crippen molar-refractivity contribution in [1.82, 2.24) is 4.90 Å². The van der Waals surface area contributed by atoms with Crippen LogP contribution in [-0.4, -0.2) is 37.2 Å². The summed E-state index contributed by atoms with van der Waals surface area (Å²) in [5, 5.41) is 0. The third-order valence-electron chi connectivity index (χ3n) is 2.50. The molecule has 11 heavy (non-hydrogen) atoms. The van der Waals surface area contributed by atoms with Crippen molar-refractivity contribution in [3.05, 3.63) is 0 Å². The number of likely N-dealkylation sites (N-methyl/N-ethyl adjacent to an activating group) is 1. The summed E-state index contributed by atoms with van der Waals surface area (Å²) in [6, 6.07) is 0.601. The summed E-state index contributed by atoms with van der Waals surface area (Å²) in [6.45, 7) is 8.65. The van der Waals surface area contributed by atoms with Crippen LogP contribution in [0, 0.1) is 5.92 Å². The standard InChI is InChI=1S/C9H19NO/c1-7(2)9-8(3)11-6-5-10(9)4/h7-9H,5-6H2,1-4H3. The zero-order valence-electron chi connectivity index (χ0n) is 8.00. The van der Waals surface area contributed by atoms with Gasteiger partial charge in [-0.05, 0) is 19.9 Å². The van der Waals surface area contributed by atoms with Gasteiger partial charge in [0.15, 0.2) is 0 Å². The third-order valence-corrected chi connectivity index (χ3v) is 2.50. The molecule has 0 aromatic rings. The number of rotatable bonds is 1. The van der Waals surface area contributed by atoms with Crippen LogP contribution in [0.1, 0.15) is 20.8 Å². The molecule has 1 fully saturated rings. The van der Waals surface area contributed by atoms with E-state index < -0.39 is 0 Å². The molecule has 0 saturated carbocycles. The van der Waals surface area contributed by atoms with Crippen molar-refractivity contribution in [2.75, 3.05) is 20.2 Å². The van der Waals surface area contributed by atoms with Crippen LogP contribution in [0.4, 0.5) is 0 Å². The van der Waals surface area contributed by atoms with Crippen molar-refractivity contribution in [1.29, 1.82) is 0 Å². The van der Waals surface area contributed by atoms with E-state index in [1.807, 2.05) is 0 Å². The van der Waals surface area contributed by atoms with Gasteiger partial charge in [-0.15, -0.1) is 0 Å². The highest BCUT2D eigenvalue weighted by Crippen LogP contribution is 2.18. The molecule has 1 saturated heterocycles. The first-order chi connectivity index (χ1) is 5.13. The highest BCUT2D eigenvalue weighted by Gasteiger charge is 2.28. The summed E-state index contributed by atoms with van der Waals surface area (Å²) in [7, 11) is 2.18. The summed E-state index contributed by atoms with van der Waals surface area (Å²) in [5.74, 6) is 0.690. The Morgan fingerprint density at radius 2 is 2.09 bits per heavy atom. The number of hydrogen-bond donors (Lipinski definition) is 0. The zero-order chi connectivity index (χ0) is 8.43. The van der Waals surface area contributed by atoms with Gasteiger partial charge in [0.05, 0.1) is 12.7 Å². The van der Waals surface area contributed by atoms with Crippen molar-refractivity contribution < 1.29 is 4.74 Å². The SMILES string of the molecule is CC(C)C1C(C)OCCN1C. The molecule has 1 rings (SSSR count). The van der Waals surface area contributed by atoms with E-state index in [0.717, 1.165) is 13.2 Å². The molecular formula is C9H19NO. The van der Waals surface area contributed by atoms with Gasteiger partial charge in [0.2, 0.25) is 0 Å². The van der Waals surface area contributed by atoms with Gasteiger partial charge in [-0.25, -0.2) is 0 Å². The molecule has 0 aliphatic carbocycles. The Morgan fingerprint density at radius 1 is 1.45 bits per heavy atom. The maximum atomic E-state index is 5.58. The summed E-state index contributed by atoms with van der Waals surface area (Å²) in [6.07, 6.45) is 0.397. The molecule has 0 spiro atoms. The van der Waals surface area contributed by atoms with Crippen molar-refractivity contribution in [2.45, 2.75) is 32.9 Å². The minimum absolute atomic E-state index is 0.397. The molecule has 2 atom stereocenters. The second kappa shape index (κ2) is 3.55. The highest BCUT2D eigenvalue weighted by atomic mass is 16.5. The van der Waals surface area contributed by atoms with Gasteiger partial charge in [0.25, 0.3) is 0 Å². The molecule has 1 aliphatic rings. The molecule has 0 N–H and O–H groups in total. The van der Waals surface area contributed by atoms with Gasteiger partial charge in [-0.2, -0.15) is 0 Å². The molecule has 66 valence electrons.